The van der Waals surface area contributed by atoms with E-state index in [1.54, 1.807) is 0 Å². The first-order valence-corrected chi connectivity index (χ1v) is 2.64. The van der Waals surface area contributed by atoms with Gasteiger partial charge in [-0.15, -0.1) is 0 Å². The summed E-state index contributed by atoms with van der Waals surface area (Å²) in [6, 6.07) is 0. The van der Waals surface area contributed by atoms with Crippen LogP contribution >= 0.6 is 0 Å². The van der Waals surface area contributed by atoms with Crippen molar-refractivity contribution in [3.8, 4) is 0 Å². The molecule has 11 heavy (non-hydrogen) atoms. The van der Waals surface area contributed by atoms with E-state index in [0.717, 1.165) is 0 Å². The zero-order valence-corrected chi connectivity index (χ0v) is 5.35. The van der Waals surface area contributed by atoms with Crippen LogP contribution in [0.1, 0.15) is 6.42 Å². The van der Waals surface area contributed by atoms with Gasteiger partial charge in [-0.2, -0.15) is 0 Å². The first-order valence-electron chi connectivity index (χ1n) is 2.64. The van der Waals surface area contributed by atoms with Crippen LogP contribution in [-0.2, 0) is 14.3 Å². The van der Waals surface area contributed by atoms with Crippen LogP contribution in [0.5, 0.6) is 0 Å². The second-order valence-electron chi connectivity index (χ2n) is 1.57. The third kappa shape index (κ3) is 5.38. The second-order valence-corrected chi connectivity index (χ2v) is 1.57. The van der Waals surface area contributed by atoms with Crippen molar-refractivity contribution in [1.82, 2.24) is 0 Å². The monoisotopic (exact) mass is 170 g/mol. The Morgan fingerprint density at radius 2 is 1.82 bits per heavy atom. The Morgan fingerprint density at radius 3 is 2.18 bits per heavy atom. The zero-order chi connectivity index (χ0) is 8.85. The molecule has 64 valence electrons. The van der Waals surface area contributed by atoms with Crippen molar-refractivity contribution >= 4 is 11.9 Å². The molecule has 0 aliphatic rings. The van der Waals surface area contributed by atoms with E-state index in [1.807, 2.05) is 0 Å². The molecule has 0 bridgehead atoms. The molecule has 0 spiro atoms. The fourth-order valence-corrected chi connectivity index (χ4v) is 0.322. The molecule has 0 unspecified atom stereocenters. The van der Waals surface area contributed by atoms with Crippen molar-refractivity contribution in [2.24, 2.45) is 0 Å². The molecule has 0 radical (unpaired) electrons. The van der Waals surface area contributed by atoms with E-state index >= 15 is 0 Å². The highest BCUT2D eigenvalue weighted by molar-refractivity contribution is 5.86. The Balaban J connectivity index is 3.61. The molecule has 0 saturated carbocycles. The first kappa shape index (κ1) is 9.93. The lowest BCUT2D eigenvalue weighted by Gasteiger charge is -1.97. The van der Waals surface area contributed by atoms with Crippen LogP contribution in [0.2, 0.25) is 0 Å². The SMILES string of the molecule is O=C(CF)OC(=O)CC(F)F. The molecular formula is C5H5F3O3. The van der Waals surface area contributed by atoms with Crippen molar-refractivity contribution in [2.75, 3.05) is 6.67 Å². The van der Waals surface area contributed by atoms with Gasteiger partial charge < -0.3 is 4.74 Å². The summed E-state index contributed by atoms with van der Waals surface area (Å²) in [6.07, 6.45) is -4.07. The lowest BCUT2D eigenvalue weighted by molar-refractivity contribution is -0.161. The lowest BCUT2D eigenvalue weighted by Crippen LogP contribution is -2.15. The number of alkyl halides is 3. The van der Waals surface area contributed by atoms with Crippen LogP contribution in [0, 0.1) is 0 Å². The molecule has 0 saturated heterocycles. The molecule has 0 amide bonds. The molecule has 0 aromatic heterocycles. The molecule has 0 aliphatic heterocycles. The van der Waals surface area contributed by atoms with Gasteiger partial charge in [-0.25, -0.2) is 18.0 Å². The second kappa shape index (κ2) is 4.70. The molecule has 0 aliphatic carbocycles. The Morgan fingerprint density at radius 1 is 1.27 bits per heavy atom. The van der Waals surface area contributed by atoms with Gasteiger partial charge in [-0.05, 0) is 0 Å². The normalized spacial score (nSPS) is 9.82. The van der Waals surface area contributed by atoms with Crippen molar-refractivity contribution in [3.05, 3.63) is 0 Å². The van der Waals surface area contributed by atoms with Crippen LogP contribution in [0.3, 0.4) is 0 Å². The number of hydrogen-bond acceptors (Lipinski definition) is 3. The number of carbonyl (C=O) groups is 2. The van der Waals surface area contributed by atoms with Crippen molar-refractivity contribution in [1.29, 1.82) is 0 Å². The van der Waals surface area contributed by atoms with Gasteiger partial charge in [-0.1, -0.05) is 0 Å². The van der Waals surface area contributed by atoms with Gasteiger partial charge in [-0.3, -0.25) is 4.79 Å². The third-order valence-electron chi connectivity index (χ3n) is 0.658. The molecule has 6 heteroatoms. The van der Waals surface area contributed by atoms with Crippen molar-refractivity contribution in [2.45, 2.75) is 12.8 Å². The number of rotatable bonds is 3. The number of ether oxygens (including phenoxy) is 1. The van der Waals surface area contributed by atoms with Crippen LogP contribution in [0.15, 0.2) is 0 Å². The average molecular weight is 170 g/mol. The minimum Gasteiger partial charge on any atom is -0.391 e. The first-order chi connectivity index (χ1) is 5.06. The minimum atomic E-state index is -2.88. The molecule has 0 aromatic rings. The van der Waals surface area contributed by atoms with E-state index in [4.69, 9.17) is 0 Å². The van der Waals surface area contributed by atoms with E-state index in [9.17, 15) is 22.8 Å². The van der Waals surface area contributed by atoms with E-state index < -0.39 is 31.5 Å². The van der Waals surface area contributed by atoms with Gasteiger partial charge >= 0.3 is 11.9 Å². The summed E-state index contributed by atoms with van der Waals surface area (Å²) in [4.78, 5) is 20.1. The molecule has 0 rings (SSSR count). The van der Waals surface area contributed by atoms with E-state index in [0.29, 0.717) is 0 Å². The fourth-order valence-electron chi connectivity index (χ4n) is 0.322. The van der Waals surface area contributed by atoms with Crippen LogP contribution < -0.4 is 0 Å². The standard InChI is InChI=1S/C5H5F3O3/c6-2-5(10)11-4(9)1-3(7)8/h3H,1-2H2. The topological polar surface area (TPSA) is 43.4 Å². The maximum Gasteiger partial charge on any atom is 0.345 e. The maximum atomic E-state index is 11.3. The van der Waals surface area contributed by atoms with Gasteiger partial charge in [0.25, 0.3) is 0 Å². The van der Waals surface area contributed by atoms with Crippen LogP contribution in [0.4, 0.5) is 13.2 Å². The molecule has 3 nitrogen and oxygen atoms in total. The molecule has 0 fully saturated rings. The van der Waals surface area contributed by atoms with E-state index in [-0.39, 0.29) is 0 Å². The number of hydrogen-bond donors (Lipinski definition) is 0. The van der Waals surface area contributed by atoms with Crippen LogP contribution in [0.25, 0.3) is 0 Å². The highest BCUT2D eigenvalue weighted by atomic mass is 19.3. The summed E-state index contributed by atoms with van der Waals surface area (Å²) in [7, 11) is 0. The van der Waals surface area contributed by atoms with Crippen molar-refractivity contribution in [3.63, 3.8) is 0 Å². The largest absolute Gasteiger partial charge is 0.391 e. The van der Waals surface area contributed by atoms with Crippen molar-refractivity contribution < 1.29 is 27.5 Å². The molecule has 0 atom stereocenters. The third-order valence-corrected chi connectivity index (χ3v) is 0.658. The number of carbonyl (C=O) groups excluding carboxylic acids is 2. The summed E-state index contributed by atoms with van der Waals surface area (Å²) in [5.41, 5.74) is 0. The molecule has 0 aromatic carbocycles. The predicted molar refractivity (Wildman–Crippen MR) is 27.7 cm³/mol. The minimum absolute atomic E-state index is 1.19. The summed E-state index contributed by atoms with van der Waals surface area (Å²) in [5, 5.41) is 0. The average Bonchev–Trinajstić information content (AvgIpc) is 1.85. The Kier molecular flexibility index (Phi) is 4.24. The number of esters is 2. The van der Waals surface area contributed by atoms with Gasteiger partial charge in [0.1, 0.15) is 6.42 Å². The molecule has 0 heterocycles. The van der Waals surface area contributed by atoms with Crippen LogP contribution in [-0.4, -0.2) is 25.0 Å². The number of halogens is 3. The smallest absolute Gasteiger partial charge is 0.345 e. The molecular weight excluding hydrogens is 165 g/mol. The summed E-state index contributed by atoms with van der Waals surface area (Å²) in [5.74, 6) is -2.86. The summed E-state index contributed by atoms with van der Waals surface area (Å²) < 4.78 is 37.5. The Bertz CT molecular complexity index is 157. The van der Waals surface area contributed by atoms with Gasteiger partial charge in [0.05, 0.1) is 0 Å². The summed E-state index contributed by atoms with van der Waals surface area (Å²) >= 11 is 0. The van der Waals surface area contributed by atoms with E-state index in [1.165, 1.54) is 0 Å². The summed E-state index contributed by atoms with van der Waals surface area (Å²) in [6.45, 7) is -1.49. The van der Waals surface area contributed by atoms with Gasteiger partial charge in [0, 0.05) is 0 Å². The predicted octanol–water partition coefficient (Wildman–Crippen LogP) is 0.681. The molecule has 0 N–H and O–H groups in total. The lowest BCUT2D eigenvalue weighted by atomic mass is 10.5. The zero-order valence-electron chi connectivity index (χ0n) is 5.35. The van der Waals surface area contributed by atoms with Gasteiger partial charge in [0.15, 0.2) is 6.67 Å². The van der Waals surface area contributed by atoms with E-state index in [2.05, 4.69) is 4.74 Å². The quantitative estimate of drug-likeness (QED) is 0.462. The highest BCUT2D eigenvalue weighted by Gasteiger charge is 2.15. The Labute approximate surface area is 60.1 Å². The maximum absolute atomic E-state index is 11.3. The van der Waals surface area contributed by atoms with Gasteiger partial charge in [0.2, 0.25) is 6.43 Å². The Hall–Kier alpha value is -1.07. The fraction of sp³-hybridized carbons (Fsp3) is 0.600. The highest BCUT2D eigenvalue weighted by Crippen LogP contribution is 2.00.